The van der Waals surface area contributed by atoms with Crippen LogP contribution in [0.1, 0.15) is 37.3 Å². The third kappa shape index (κ3) is 3.37. The second-order valence-electron chi connectivity index (χ2n) is 9.13. The van der Waals surface area contributed by atoms with Crippen LogP contribution in [0.4, 0.5) is 5.82 Å². The van der Waals surface area contributed by atoms with Gasteiger partial charge in [-0.1, -0.05) is 43.3 Å². The van der Waals surface area contributed by atoms with E-state index in [0.717, 1.165) is 18.9 Å². The molecule has 2 aromatic rings. The lowest BCUT2D eigenvalue weighted by Gasteiger charge is -2.24. The molecule has 2 fully saturated rings. The number of aromatic nitrogens is 1. The van der Waals surface area contributed by atoms with Crippen molar-refractivity contribution in [3.05, 3.63) is 65.9 Å². The fourth-order valence-corrected chi connectivity index (χ4v) is 5.41. The van der Waals surface area contributed by atoms with Crippen molar-refractivity contribution in [2.45, 2.75) is 32.6 Å². The van der Waals surface area contributed by atoms with Crippen LogP contribution in [0.15, 0.2) is 54.7 Å². The Bertz CT molecular complexity index is 836. The van der Waals surface area contributed by atoms with Gasteiger partial charge in [-0.25, -0.2) is 4.98 Å². The van der Waals surface area contributed by atoms with E-state index in [1.54, 1.807) is 5.57 Å². The van der Waals surface area contributed by atoms with Gasteiger partial charge in [0.15, 0.2) is 0 Å². The molecule has 1 aromatic carbocycles. The molecule has 28 heavy (non-hydrogen) atoms. The average Bonchev–Trinajstić information content (AvgIpc) is 3.43. The smallest absolute Gasteiger partial charge is 0.128 e. The van der Waals surface area contributed by atoms with E-state index < -0.39 is 0 Å². The van der Waals surface area contributed by atoms with Crippen molar-refractivity contribution >= 4 is 11.4 Å². The minimum Gasteiger partial charge on any atom is -0.355 e. The number of nitrogens with zero attached hydrogens (tertiary/aromatic N) is 3. The summed E-state index contributed by atoms with van der Waals surface area (Å²) in [6.45, 7) is 8.42. The molecule has 1 aliphatic carbocycles. The Balaban J connectivity index is 1.27. The van der Waals surface area contributed by atoms with E-state index in [9.17, 15) is 0 Å². The molecule has 0 saturated carbocycles. The maximum Gasteiger partial charge on any atom is 0.128 e. The number of pyridine rings is 1. The molecule has 2 saturated heterocycles. The summed E-state index contributed by atoms with van der Waals surface area (Å²) >= 11 is 0. The maximum absolute atomic E-state index is 4.58. The molecule has 146 valence electrons. The van der Waals surface area contributed by atoms with Crippen LogP contribution in [0.5, 0.6) is 0 Å². The van der Waals surface area contributed by atoms with E-state index in [2.05, 4.69) is 64.2 Å². The minimum atomic E-state index is 0.335. The highest BCUT2D eigenvalue weighted by Crippen LogP contribution is 2.52. The molecule has 3 nitrogen and oxygen atoms in total. The van der Waals surface area contributed by atoms with Crippen molar-refractivity contribution in [1.82, 2.24) is 9.88 Å². The third-order valence-corrected chi connectivity index (χ3v) is 7.14. The Hall–Kier alpha value is -2.13. The number of fused-ring (bicyclic) bond motifs is 1. The molecule has 2 aliphatic heterocycles. The van der Waals surface area contributed by atoms with Crippen LogP contribution >= 0.6 is 0 Å². The molecule has 0 bridgehead atoms. The summed E-state index contributed by atoms with van der Waals surface area (Å²) in [5.74, 6) is 1.72. The van der Waals surface area contributed by atoms with Gasteiger partial charge in [-0.3, -0.25) is 0 Å². The second kappa shape index (κ2) is 7.36. The van der Waals surface area contributed by atoms with Crippen molar-refractivity contribution in [3.63, 3.8) is 0 Å². The lowest BCUT2D eigenvalue weighted by molar-refractivity contribution is 0.335. The van der Waals surface area contributed by atoms with Crippen LogP contribution in [0.3, 0.4) is 0 Å². The first-order chi connectivity index (χ1) is 13.7. The molecule has 0 spiro atoms. The number of benzene rings is 1. The lowest BCUT2D eigenvalue weighted by atomic mass is 9.78. The first-order valence-corrected chi connectivity index (χ1v) is 10.9. The molecule has 0 radical (unpaired) electrons. The second-order valence-corrected chi connectivity index (χ2v) is 9.13. The highest BCUT2D eigenvalue weighted by molar-refractivity contribution is 5.72. The Morgan fingerprint density at radius 2 is 1.89 bits per heavy atom. The normalized spacial score (nSPS) is 27.2. The molecule has 2 unspecified atom stereocenters. The van der Waals surface area contributed by atoms with Crippen LogP contribution < -0.4 is 4.90 Å². The number of hydrogen-bond donors (Lipinski definition) is 0. The zero-order valence-electron chi connectivity index (χ0n) is 17.0. The predicted molar refractivity (Wildman–Crippen MR) is 116 cm³/mol. The van der Waals surface area contributed by atoms with Crippen molar-refractivity contribution < 1.29 is 0 Å². The number of anilines is 1. The number of likely N-dealkylation sites (tertiary alicyclic amines) is 1. The highest BCUT2D eigenvalue weighted by Gasteiger charge is 2.47. The van der Waals surface area contributed by atoms with Crippen LogP contribution in [-0.4, -0.2) is 42.6 Å². The fraction of sp³-hybridized carbons (Fsp3) is 0.480. The SMILES string of the molecule is CC12CC=C(c3ccc(CCN4CCCC4)cc3)C1CN(c1ccccn1)C2. The molecular formula is C25H31N3. The molecule has 3 aliphatic rings. The van der Waals surface area contributed by atoms with Gasteiger partial charge in [0, 0.05) is 31.7 Å². The number of rotatable bonds is 5. The van der Waals surface area contributed by atoms with Gasteiger partial charge in [0.25, 0.3) is 0 Å². The van der Waals surface area contributed by atoms with Crippen LogP contribution in [0.2, 0.25) is 0 Å². The van der Waals surface area contributed by atoms with E-state index >= 15 is 0 Å². The fourth-order valence-electron chi connectivity index (χ4n) is 5.41. The van der Waals surface area contributed by atoms with E-state index in [-0.39, 0.29) is 0 Å². The van der Waals surface area contributed by atoms with Gasteiger partial charge in [-0.2, -0.15) is 0 Å². The van der Waals surface area contributed by atoms with E-state index in [1.165, 1.54) is 56.4 Å². The van der Waals surface area contributed by atoms with Gasteiger partial charge in [-0.05, 0) is 73.0 Å². The Kier molecular flexibility index (Phi) is 4.72. The molecule has 3 heteroatoms. The first-order valence-electron chi connectivity index (χ1n) is 10.9. The Morgan fingerprint density at radius 1 is 1.07 bits per heavy atom. The Morgan fingerprint density at radius 3 is 2.64 bits per heavy atom. The highest BCUT2D eigenvalue weighted by atomic mass is 15.2. The molecule has 5 rings (SSSR count). The molecule has 1 aromatic heterocycles. The summed E-state index contributed by atoms with van der Waals surface area (Å²) in [5.41, 5.74) is 4.77. The zero-order valence-corrected chi connectivity index (χ0v) is 17.0. The third-order valence-electron chi connectivity index (χ3n) is 7.14. The van der Waals surface area contributed by atoms with Crippen molar-refractivity contribution in [2.24, 2.45) is 11.3 Å². The van der Waals surface area contributed by atoms with Crippen LogP contribution in [-0.2, 0) is 6.42 Å². The standard InChI is InChI=1S/C25H31N3/c1-25-13-11-22(23(25)18-28(19-25)24-6-2-3-14-26-24)21-9-7-20(8-10-21)12-17-27-15-4-5-16-27/h2-3,6-11,14,23H,4-5,12-13,15-19H2,1H3. The molecule has 0 N–H and O–H groups in total. The molecule has 3 heterocycles. The van der Waals surface area contributed by atoms with E-state index in [4.69, 9.17) is 0 Å². The van der Waals surface area contributed by atoms with Gasteiger partial charge >= 0.3 is 0 Å². The number of hydrogen-bond acceptors (Lipinski definition) is 3. The maximum atomic E-state index is 4.58. The van der Waals surface area contributed by atoms with Crippen molar-refractivity contribution in [1.29, 1.82) is 0 Å². The summed E-state index contributed by atoms with van der Waals surface area (Å²) in [5, 5.41) is 0. The summed E-state index contributed by atoms with van der Waals surface area (Å²) in [6.07, 6.45) is 9.51. The van der Waals surface area contributed by atoms with Crippen molar-refractivity contribution in [3.8, 4) is 0 Å². The lowest BCUT2D eigenvalue weighted by Crippen LogP contribution is -2.25. The summed E-state index contributed by atoms with van der Waals surface area (Å²) in [6, 6.07) is 15.7. The topological polar surface area (TPSA) is 19.4 Å². The summed E-state index contributed by atoms with van der Waals surface area (Å²) < 4.78 is 0. The monoisotopic (exact) mass is 373 g/mol. The first kappa shape index (κ1) is 17.9. The van der Waals surface area contributed by atoms with Crippen LogP contribution in [0, 0.1) is 11.3 Å². The van der Waals surface area contributed by atoms with Gasteiger partial charge < -0.3 is 9.80 Å². The zero-order chi connectivity index (χ0) is 19.0. The van der Waals surface area contributed by atoms with Gasteiger partial charge in [-0.15, -0.1) is 0 Å². The molecule has 0 amide bonds. The Labute approximate surface area is 169 Å². The van der Waals surface area contributed by atoms with E-state index in [1.807, 2.05) is 12.3 Å². The summed E-state index contributed by atoms with van der Waals surface area (Å²) in [4.78, 5) is 9.66. The van der Waals surface area contributed by atoms with Gasteiger partial charge in [0.2, 0.25) is 0 Å². The predicted octanol–water partition coefficient (Wildman–Crippen LogP) is 4.65. The van der Waals surface area contributed by atoms with E-state index in [0.29, 0.717) is 11.3 Å². The van der Waals surface area contributed by atoms with Gasteiger partial charge in [0.1, 0.15) is 5.82 Å². The molecule has 2 atom stereocenters. The minimum absolute atomic E-state index is 0.335. The number of allylic oxidation sites excluding steroid dienone is 1. The summed E-state index contributed by atoms with van der Waals surface area (Å²) in [7, 11) is 0. The largest absolute Gasteiger partial charge is 0.355 e. The quantitative estimate of drug-likeness (QED) is 0.760. The van der Waals surface area contributed by atoms with Crippen molar-refractivity contribution in [2.75, 3.05) is 37.6 Å². The molecular weight excluding hydrogens is 342 g/mol. The average molecular weight is 374 g/mol. The van der Waals surface area contributed by atoms with Crippen LogP contribution in [0.25, 0.3) is 5.57 Å². The van der Waals surface area contributed by atoms with Gasteiger partial charge in [0.05, 0.1) is 0 Å².